The van der Waals surface area contributed by atoms with Crippen molar-refractivity contribution in [2.75, 3.05) is 12.4 Å². The molecule has 0 aliphatic heterocycles. The van der Waals surface area contributed by atoms with Gasteiger partial charge in [-0.3, -0.25) is 14.6 Å². The fraction of sp³-hybridized carbons (Fsp3) is 0.154. The molecule has 2 N–H and O–H groups in total. The summed E-state index contributed by atoms with van der Waals surface area (Å²) < 4.78 is 42.8. The lowest BCUT2D eigenvalue weighted by atomic mass is 10.2. The summed E-state index contributed by atoms with van der Waals surface area (Å²) in [6.07, 6.45) is -1.53. The third-order valence-electron chi connectivity index (χ3n) is 2.73. The molecule has 0 unspecified atom stereocenters. The largest absolute Gasteiger partial charge is 0.494 e. The Morgan fingerprint density at radius 2 is 2.14 bits per heavy atom. The molecule has 2 aromatic rings. The van der Waals surface area contributed by atoms with Crippen LogP contribution in [0.5, 0.6) is 5.75 Å². The van der Waals surface area contributed by atoms with Crippen LogP contribution in [0.25, 0.3) is 0 Å². The van der Waals surface area contributed by atoms with Crippen molar-refractivity contribution >= 4 is 11.6 Å². The van der Waals surface area contributed by atoms with Crippen LogP contribution in [0.3, 0.4) is 0 Å². The Hall–Kier alpha value is -2.84. The number of carbonyl (C=O) groups excluding carboxylic acids is 1. The first-order chi connectivity index (χ1) is 10.3. The number of amides is 1. The summed E-state index contributed by atoms with van der Waals surface area (Å²) in [5.41, 5.74) is -2.41. The van der Waals surface area contributed by atoms with Gasteiger partial charge in [0.1, 0.15) is 11.4 Å². The zero-order chi connectivity index (χ0) is 16.3. The summed E-state index contributed by atoms with van der Waals surface area (Å²) >= 11 is 0. The molecule has 0 radical (unpaired) electrons. The van der Waals surface area contributed by atoms with E-state index in [4.69, 9.17) is 4.74 Å². The smallest absolute Gasteiger partial charge is 0.417 e. The number of nitrogens with one attached hydrogen (secondary N) is 2. The van der Waals surface area contributed by atoms with E-state index >= 15 is 0 Å². The maximum atomic E-state index is 12.6. The maximum Gasteiger partial charge on any atom is 0.417 e. The highest BCUT2D eigenvalue weighted by molar-refractivity contribution is 6.06. The monoisotopic (exact) mass is 313 g/mol. The molecule has 0 saturated heterocycles. The topological polar surface area (TPSA) is 84.1 Å². The molecule has 1 amide bonds. The van der Waals surface area contributed by atoms with Gasteiger partial charge in [0.05, 0.1) is 24.4 Å². The fourth-order valence-corrected chi connectivity index (χ4v) is 1.66. The number of pyridine rings is 2. The van der Waals surface area contributed by atoms with Crippen LogP contribution in [0, 0.1) is 0 Å². The first kappa shape index (κ1) is 15.5. The first-order valence-electron chi connectivity index (χ1n) is 5.92. The number of methoxy groups -OCH3 is 1. The van der Waals surface area contributed by atoms with Crippen molar-refractivity contribution in [1.82, 2.24) is 9.97 Å². The van der Waals surface area contributed by atoms with Crippen LogP contribution in [0.2, 0.25) is 0 Å². The van der Waals surface area contributed by atoms with Crippen LogP contribution in [0.1, 0.15) is 15.9 Å². The molecule has 6 nitrogen and oxygen atoms in total. The number of hydrogen-bond acceptors (Lipinski definition) is 4. The summed E-state index contributed by atoms with van der Waals surface area (Å²) in [5.74, 6) is -0.660. The molecule has 0 spiro atoms. The Morgan fingerprint density at radius 3 is 2.77 bits per heavy atom. The van der Waals surface area contributed by atoms with E-state index in [1.807, 2.05) is 4.98 Å². The minimum atomic E-state index is -4.64. The zero-order valence-corrected chi connectivity index (χ0v) is 11.2. The fourth-order valence-electron chi connectivity index (χ4n) is 1.66. The number of H-pyrrole nitrogens is 1. The van der Waals surface area contributed by atoms with Gasteiger partial charge in [0.2, 0.25) is 0 Å². The van der Waals surface area contributed by atoms with Crippen LogP contribution in [-0.2, 0) is 6.18 Å². The molecular formula is C13H10F3N3O3. The standard InChI is InChI=1S/C13H10F3N3O3/c1-22-10-6-17-3-2-8(10)11(20)19-9-4-7(13(14,15)16)5-18-12(9)21/h2-6H,1H3,(H,18,21)(H,19,20). The third-order valence-corrected chi connectivity index (χ3v) is 2.73. The van der Waals surface area contributed by atoms with E-state index in [1.165, 1.54) is 25.6 Å². The molecule has 0 aromatic carbocycles. The van der Waals surface area contributed by atoms with E-state index in [9.17, 15) is 22.8 Å². The van der Waals surface area contributed by atoms with Gasteiger partial charge in [0.25, 0.3) is 11.5 Å². The molecule has 2 heterocycles. The van der Waals surface area contributed by atoms with Crippen LogP contribution < -0.4 is 15.6 Å². The summed E-state index contributed by atoms with van der Waals surface area (Å²) in [4.78, 5) is 29.3. The van der Waals surface area contributed by atoms with E-state index < -0.39 is 28.9 Å². The van der Waals surface area contributed by atoms with Gasteiger partial charge < -0.3 is 15.0 Å². The summed E-state index contributed by atoms with van der Waals surface area (Å²) in [6, 6.07) is 1.88. The van der Waals surface area contributed by atoms with Gasteiger partial charge >= 0.3 is 6.18 Å². The Kier molecular flexibility index (Phi) is 4.15. The number of halogens is 3. The van der Waals surface area contributed by atoms with Crippen molar-refractivity contribution in [2.45, 2.75) is 6.18 Å². The van der Waals surface area contributed by atoms with E-state index in [-0.39, 0.29) is 11.3 Å². The van der Waals surface area contributed by atoms with Crippen molar-refractivity contribution in [1.29, 1.82) is 0 Å². The molecule has 0 atom stereocenters. The van der Waals surface area contributed by atoms with Crippen molar-refractivity contribution < 1.29 is 22.7 Å². The van der Waals surface area contributed by atoms with Gasteiger partial charge in [0, 0.05) is 12.4 Å². The zero-order valence-electron chi connectivity index (χ0n) is 11.2. The normalized spacial score (nSPS) is 11.1. The SMILES string of the molecule is COc1cnccc1C(=O)Nc1cc(C(F)(F)F)c[nH]c1=O. The number of aromatic nitrogens is 2. The predicted octanol–water partition coefficient (Wildman–Crippen LogP) is 2.05. The number of carbonyl (C=O) groups is 1. The highest BCUT2D eigenvalue weighted by atomic mass is 19.4. The van der Waals surface area contributed by atoms with E-state index in [1.54, 1.807) is 0 Å². The van der Waals surface area contributed by atoms with Crippen molar-refractivity contribution in [3.8, 4) is 5.75 Å². The van der Waals surface area contributed by atoms with E-state index in [0.717, 1.165) is 0 Å². The molecule has 2 rings (SSSR count). The number of hydrogen-bond donors (Lipinski definition) is 2. The maximum absolute atomic E-state index is 12.6. The van der Waals surface area contributed by atoms with Gasteiger partial charge in [-0.15, -0.1) is 0 Å². The van der Waals surface area contributed by atoms with Crippen LogP contribution in [0.4, 0.5) is 18.9 Å². The highest BCUT2D eigenvalue weighted by Crippen LogP contribution is 2.29. The van der Waals surface area contributed by atoms with Crippen molar-refractivity contribution in [3.05, 3.63) is 52.2 Å². The van der Waals surface area contributed by atoms with Crippen LogP contribution >= 0.6 is 0 Å². The molecule has 0 aliphatic carbocycles. The number of aromatic amines is 1. The highest BCUT2D eigenvalue weighted by Gasteiger charge is 2.31. The number of nitrogens with zero attached hydrogens (tertiary/aromatic N) is 1. The first-order valence-corrected chi connectivity index (χ1v) is 5.92. The van der Waals surface area contributed by atoms with Gasteiger partial charge in [-0.25, -0.2) is 0 Å². The van der Waals surface area contributed by atoms with E-state index in [0.29, 0.717) is 12.3 Å². The second kappa shape index (κ2) is 5.88. The molecule has 116 valence electrons. The Morgan fingerprint density at radius 1 is 1.41 bits per heavy atom. The molecule has 0 bridgehead atoms. The third kappa shape index (κ3) is 3.25. The quantitative estimate of drug-likeness (QED) is 0.908. The average molecular weight is 313 g/mol. The van der Waals surface area contributed by atoms with Gasteiger partial charge in [-0.05, 0) is 12.1 Å². The van der Waals surface area contributed by atoms with Gasteiger partial charge in [0.15, 0.2) is 0 Å². The Labute approximate surface area is 122 Å². The Balaban J connectivity index is 2.34. The van der Waals surface area contributed by atoms with Crippen LogP contribution in [0.15, 0.2) is 35.5 Å². The second-order valence-corrected chi connectivity index (χ2v) is 4.16. The minimum absolute atomic E-state index is 0.0364. The minimum Gasteiger partial charge on any atom is -0.494 e. The van der Waals surface area contributed by atoms with Gasteiger partial charge in [-0.2, -0.15) is 13.2 Å². The molecule has 0 fully saturated rings. The summed E-state index contributed by atoms with van der Waals surface area (Å²) in [7, 11) is 1.31. The number of alkyl halides is 3. The molecule has 22 heavy (non-hydrogen) atoms. The Bertz CT molecular complexity index is 756. The summed E-state index contributed by atoms with van der Waals surface area (Å²) in [5, 5.41) is 2.12. The lowest BCUT2D eigenvalue weighted by molar-refractivity contribution is -0.137. The summed E-state index contributed by atoms with van der Waals surface area (Å²) in [6.45, 7) is 0. The number of ether oxygens (including phenoxy) is 1. The van der Waals surface area contributed by atoms with Crippen molar-refractivity contribution in [2.24, 2.45) is 0 Å². The molecule has 0 aliphatic rings. The van der Waals surface area contributed by atoms with Gasteiger partial charge in [-0.1, -0.05) is 0 Å². The number of rotatable bonds is 3. The molecule has 9 heteroatoms. The predicted molar refractivity (Wildman–Crippen MR) is 70.8 cm³/mol. The van der Waals surface area contributed by atoms with Crippen LogP contribution in [-0.4, -0.2) is 23.0 Å². The second-order valence-electron chi connectivity index (χ2n) is 4.16. The lowest BCUT2D eigenvalue weighted by Gasteiger charge is -2.10. The van der Waals surface area contributed by atoms with Crippen molar-refractivity contribution in [3.63, 3.8) is 0 Å². The molecule has 0 saturated carbocycles. The average Bonchev–Trinajstić information content (AvgIpc) is 2.48. The molecule has 2 aromatic heterocycles. The molecular weight excluding hydrogens is 303 g/mol. The number of anilines is 1. The lowest BCUT2D eigenvalue weighted by Crippen LogP contribution is -2.22. The van der Waals surface area contributed by atoms with E-state index in [2.05, 4.69) is 10.3 Å².